The van der Waals surface area contributed by atoms with Crippen molar-refractivity contribution in [3.05, 3.63) is 33.4 Å². The van der Waals surface area contributed by atoms with Crippen molar-refractivity contribution < 1.29 is 9.72 Å². The van der Waals surface area contributed by atoms with Crippen LogP contribution in [0.15, 0.2) is 12.1 Å². The predicted octanol–water partition coefficient (Wildman–Crippen LogP) is 6.14. The molecule has 0 spiro atoms. The van der Waals surface area contributed by atoms with Gasteiger partial charge in [0.25, 0.3) is 11.6 Å². The first-order valence-corrected chi connectivity index (χ1v) is 11.2. The number of benzene rings is 1. The van der Waals surface area contributed by atoms with Gasteiger partial charge in [0, 0.05) is 25.2 Å². The molecule has 0 saturated carbocycles. The van der Waals surface area contributed by atoms with E-state index < -0.39 is 10.8 Å². The number of carbonyl (C=O) groups is 1. The first-order chi connectivity index (χ1) is 13.9. The molecule has 6 heteroatoms. The number of nitro benzene ring substituents is 1. The molecule has 0 aliphatic rings. The van der Waals surface area contributed by atoms with E-state index in [0.717, 1.165) is 19.4 Å². The van der Waals surface area contributed by atoms with Crippen LogP contribution in [0, 0.1) is 17.0 Å². The third-order valence-corrected chi connectivity index (χ3v) is 5.53. The molecule has 0 bridgehead atoms. The van der Waals surface area contributed by atoms with Gasteiger partial charge in [-0.3, -0.25) is 14.9 Å². The van der Waals surface area contributed by atoms with Crippen molar-refractivity contribution in [3.8, 4) is 0 Å². The second kappa shape index (κ2) is 14.0. The Hall–Kier alpha value is -2.11. The largest absolute Gasteiger partial charge is 0.374 e. The molecule has 1 aromatic carbocycles. The summed E-state index contributed by atoms with van der Waals surface area (Å²) in [5.41, 5.74) is 6.80. The Labute approximate surface area is 176 Å². The van der Waals surface area contributed by atoms with Crippen LogP contribution in [0.3, 0.4) is 0 Å². The number of nitrogens with two attached hydrogens (primary N) is 1. The van der Waals surface area contributed by atoms with Gasteiger partial charge in [-0.1, -0.05) is 77.6 Å². The van der Waals surface area contributed by atoms with Crippen LogP contribution in [-0.2, 0) is 0 Å². The van der Waals surface area contributed by atoms with Crippen molar-refractivity contribution in [3.63, 3.8) is 0 Å². The van der Waals surface area contributed by atoms with E-state index in [4.69, 9.17) is 5.73 Å². The highest BCUT2D eigenvalue weighted by molar-refractivity contribution is 5.99. The number of hydrogen-bond acceptors (Lipinski definition) is 4. The quantitative estimate of drug-likeness (QED) is 0.203. The van der Waals surface area contributed by atoms with Gasteiger partial charge in [-0.05, 0) is 19.4 Å². The van der Waals surface area contributed by atoms with Crippen LogP contribution in [-0.4, -0.2) is 24.4 Å². The molecule has 0 atom stereocenters. The third-order valence-electron chi connectivity index (χ3n) is 5.53. The molecule has 0 aliphatic heterocycles. The van der Waals surface area contributed by atoms with Gasteiger partial charge in [0.15, 0.2) is 0 Å². The van der Waals surface area contributed by atoms with Crippen LogP contribution in [0.5, 0.6) is 0 Å². The second-order valence-corrected chi connectivity index (χ2v) is 8.09. The lowest BCUT2D eigenvalue weighted by Gasteiger charge is -2.22. The maximum atomic E-state index is 11.8. The fourth-order valence-electron chi connectivity index (χ4n) is 3.70. The topological polar surface area (TPSA) is 89.5 Å². The Morgan fingerprint density at radius 3 is 1.90 bits per heavy atom. The average Bonchev–Trinajstić information content (AvgIpc) is 2.67. The summed E-state index contributed by atoms with van der Waals surface area (Å²) in [5, 5.41) is 11.1. The highest BCUT2D eigenvalue weighted by atomic mass is 16.6. The molecule has 0 unspecified atom stereocenters. The summed E-state index contributed by atoms with van der Waals surface area (Å²) in [5.74, 6) is -0.635. The minimum absolute atomic E-state index is 0.0682. The lowest BCUT2D eigenvalue weighted by Crippen LogP contribution is -2.23. The van der Waals surface area contributed by atoms with Crippen LogP contribution in [0.25, 0.3) is 0 Å². The first-order valence-electron chi connectivity index (χ1n) is 11.2. The molecule has 0 fully saturated rings. The Morgan fingerprint density at radius 1 is 0.966 bits per heavy atom. The molecule has 164 valence electrons. The molecule has 6 nitrogen and oxygen atoms in total. The monoisotopic (exact) mass is 405 g/mol. The molecule has 29 heavy (non-hydrogen) atoms. The maximum Gasteiger partial charge on any atom is 0.273 e. The van der Waals surface area contributed by atoms with E-state index in [-0.39, 0.29) is 11.3 Å². The highest BCUT2D eigenvalue weighted by Gasteiger charge is 2.20. The Balaban J connectivity index is 2.31. The first kappa shape index (κ1) is 24.9. The molecule has 2 N–H and O–H groups in total. The Kier molecular flexibility index (Phi) is 12.0. The zero-order valence-corrected chi connectivity index (χ0v) is 18.5. The predicted molar refractivity (Wildman–Crippen MR) is 121 cm³/mol. The van der Waals surface area contributed by atoms with Crippen LogP contribution < -0.4 is 10.6 Å². The van der Waals surface area contributed by atoms with Crippen molar-refractivity contribution in [2.24, 2.45) is 5.73 Å². The Morgan fingerprint density at radius 2 is 1.45 bits per heavy atom. The number of unbranched alkanes of at least 4 members (excludes halogenated alkanes) is 11. The molecule has 0 aromatic heterocycles. The number of anilines is 1. The molecular weight excluding hydrogens is 366 g/mol. The van der Waals surface area contributed by atoms with Gasteiger partial charge in [-0.15, -0.1) is 0 Å². The zero-order chi connectivity index (χ0) is 21.6. The van der Waals surface area contributed by atoms with Crippen LogP contribution in [0.1, 0.15) is 99.9 Å². The fourth-order valence-corrected chi connectivity index (χ4v) is 3.70. The van der Waals surface area contributed by atoms with E-state index >= 15 is 0 Å². The normalized spacial score (nSPS) is 10.9. The molecule has 0 heterocycles. The number of carbonyl (C=O) groups excluding carboxylic acids is 1. The van der Waals surface area contributed by atoms with Crippen molar-refractivity contribution in [1.29, 1.82) is 0 Å². The number of rotatable bonds is 16. The summed E-state index contributed by atoms with van der Waals surface area (Å²) >= 11 is 0. The Bertz CT molecular complexity index is 647. The summed E-state index contributed by atoms with van der Waals surface area (Å²) in [7, 11) is 1.91. The lowest BCUT2D eigenvalue weighted by atomic mass is 10.0. The van der Waals surface area contributed by atoms with Gasteiger partial charge >= 0.3 is 0 Å². The van der Waals surface area contributed by atoms with E-state index in [2.05, 4.69) is 6.92 Å². The van der Waals surface area contributed by atoms with E-state index in [1.807, 2.05) is 11.9 Å². The number of hydrogen-bond donors (Lipinski definition) is 1. The molecule has 1 aromatic rings. The maximum absolute atomic E-state index is 11.8. The molecule has 0 aliphatic carbocycles. The molecule has 0 radical (unpaired) electrons. The summed E-state index contributed by atoms with van der Waals surface area (Å²) in [6, 6.07) is 2.99. The SMILES string of the molecule is CCCCCCCCCCCCCCN(C)c1cc(C)c([N+](=O)[O-])cc1C(N)=O. The highest BCUT2D eigenvalue weighted by Crippen LogP contribution is 2.28. The van der Waals surface area contributed by atoms with E-state index in [9.17, 15) is 14.9 Å². The average molecular weight is 406 g/mol. The van der Waals surface area contributed by atoms with Crippen LogP contribution in [0.4, 0.5) is 11.4 Å². The van der Waals surface area contributed by atoms with Gasteiger partial charge in [0.05, 0.1) is 16.2 Å². The second-order valence-electron chi connectivity index (χ2n) is 8.09. The summed E-state index contributed by atoms with van der Waals surface area (Å²) in [6.45, 7) is 4.74. The summed E-state index contributed by atoms with van der Waals surface area (Å²) < 4.78 is 0. The van der Waals surface area contributed by atoms with Gasteiger partial charge < -0.3 is 10.6 Å². The summed E-state index contributed by atoms with van der Waals surface area (Å²) in [6.07, 6.45) is 15.5. The van der Waals surface area contributed by atoms with E-state index in [1.54, 1.807) is 13.0 Å². The van der Waals surface area contributed by atoms with Gasteiger partial charge in [-0.25, -0.2) is 0 Å². The molecular formula is C23H39N3O3. The van der Waals surface area contributed by atoms with Crippen molar-refractivity contribution >= 4 is 17.3 Å². The number of nitro groups is 1. The van der Waals surface area contributed by atoms with Crippen LogP contribution >= 0.6 is 0 Å². The minimum atomic E-state index is -0.635. The van der Waals surface area contributed by atoms with Gasteiger partial charge in [0.2, 0.25) is 0 Å². The van der Waals surface area contributed by atoms with Crippen molar-refractivity contribution in [2.45, 2.75) is 90.9 Å². The third kappa shape index (κ3) is 9.29. The van der Waals surface area contributed by atoms with Crippen LogP contribution in [0.2, 0.25) is 0 Å². The molecule has 1 amide bonds. The van der Waals surface area contributed by atoms with E-state index in [0.29, 0.717) is 11.3 Å². The zero-order valence-electron chi connectivity index (χ0n) is 18.5. The number of amides is 1. The van der Waals surface area contributed by atoms with Gasteiger partial charge in [-0.2, -0.15) is 0 Å². The number of primary amides is 1. The molecule has 0 saturated heterocycles. The molecule has 1 rings (SSSR count). The lowest BCUT2D eigenvalue weighted by molar-refractivity contribution is -0.385. The standard InChI is InChI=1S/C23H39N3O3/c1-4-5-6-7-8-9-10-11-12-13-14-15-16-25(3)22-17-19(2)21(26(28)29)18-20(22)23(24)27/h17-18H,4-16H2,1-3H3,(H2,24,27). The van der Waals surface area contributed by atoms with Crippen molar-refractivity contribution in [1.82, 2.24) is 0 Å². The number of aryl methyl sites for hydroxylation is 1. The van der Waals surface area contributed by atoms with Gasteiger partial charge in [0.1, 0.15) is 0 Å². The fraction of sp³-hybridized carbons (Fsp3) is 0.696. The minimum Gasteiger partial charge on any atom is -0.374 e. The van der Waals surface area contributed by atoms with Crippen molar-refractivity contribution in [2.75, 3.05) is 18.5 Å². The number of nitrogens with zero attached hydrogens (tertiary/aromatic N) is 2. The summed E-state index contributed by atoms with van der Waals surface area (Å²) in [4.78, 5) is 24.4. The smallest absolute Gasteiger partial charge is 0.273 e. The van der Waals surface area contributed by atoms with E-state index in [1.165, 1.54) is 70.3 Å².